The largest absolute Gasteiger partial charge is 0.461 e. The molecule has 2 aromatic heterocycles. The number of hydrogen-bond acceptors (Lipinski definition) is 7. The fourth-order valence-electron chi connectivity index (χ4n) is 1.68. The summed E-state index contributed by atoms with van der Waals surface area (Å²) in [5, 5.41) is 6.30. The van der Waals surface area contributed by atoms with Gasteiger partial charge in [0.15, 0.2) is 0 Å². The van der Waals surface area contributed by atoms with Crippen molar-refractivity contribution in [2.75, 3.05) is 17.2 Å². The van der Waals surface area contributed by atoms with Gasteiger partial charge in [-0.2, -0.15) is 15.0 Å². The third-order valence-corrected chi connectivity index (χ3v) is 3.51. The molecule has 2 heterocycles. The molecule has 21 heavy (non-hydrogen) atoms. The zero-order chi connectivity index (χ0) is 15.2. The van der Waals surface area contributed by atoms with Gasteiger partial charge in [-0.05, 0) is 39.8 Å². The summed E-state index contributed by atoms with van der Waals surface area (Å²) in [4.78, 5) is 15.4. The number of anilines is 2. The molecule has 0 aliphatic carbocycles. The fraction of sp³-hybridized carbons (Fsp3) is 0.500. The van der Waals surface area contributed by atoms with Gasteiger partial charge in [0, 0.05) is 16.3 Å². The zero-order valence-corrected chi connectivity index (χ0v) is 13.6. The Kier molecular flexibility index (Phi) is 5.32. The summed E-state index contributed by atoms with van der Waals surface area (Å²) in [5.74, 6) is 1.04. The van der Waals surface area contributed by atoms with Gasteiger partial charge in [-0.1, -0.05) is 0 Å². The molecule has 2 N–H and O–H groups in total. The van der Waals surface area contributed by atoms with Crippen molar-refractivity contribution in [3.8, 4) is 6.01 Å². The van der Waals surface area contributed by atoms with E-state index in [-0.39, 0.29) is 6.10 Å². The lowest BCUT2D eigenvalue weighted by Crippen LogP contribution is -2.13. The second kappa shape index (κ2) is 7.21. The summed E-state index contributed by atoms with van der Waals surface area (Å²) in [5.41, 5.74) is 0. The molecule has 0 amide bonds. The highest BCUT2D eigenvalue weighted by atomic mass is 32.1. The first kappa shape index (κ1) is 15.5. The fourth-order valence-corrected chi connectivity index (χ4v) is 2.51. The van der Waals surface area contributed by atoms with Gasteiger partial charge in [-0.15, -0.1) is 11.3 Å². The Hall–Kier alpha value is -1.89. The second-order valence-corrected chi connectivity index (χ2v) is 6.20. The SMILES string of the molecule is CCNc1nc(NCc2ccc(C)s2)nc(OC(C)C)n1. The minimum atomic E-state index is 0.0228. The molecule has 0 aliphatic heterocycles. The molecule has 0 aromatic carbocycles. The van der Waals surface area contributed by atoms with E-state index in [9.17, 15) is 0 Å². The number of nitrogens with zero attached hydrogens (tertiary/aromatic N) is 3. The van der Waals surface area contributed by atoms with Gasteiger partial charge in [0.05, 0.1) is 12.6 Å². The normalized spacial score (nSPS) is 10.7. The molecule has 0 aliphatic rings. The first-order valence-corrected chi connectivity index (χ1v) is 7.84. The minimum Gasteiger partial charge on any atom is -0.461 e. The predicted octanol–water partition coefficient (Wildman–Crippen LogP) is 3.07. The van der Waals surface area contributed by atoms with Crippen molar-refractivity contribution >= 4 is 23.2 Å². The van der Waals surface area contributed by atoms with Gasteiger partial charge >= 0.3 is 6.01 Å². The van der Waals surface area contributed by atoms with Crippen molar-refractivity contribution in [2.45, 2.75) is 40.3 Å². The van der Waals surface area contributed by atoms with Crippen LogP contribution in [-0.2, 0) is 6.54 Å². The highest BCUT2D eigenvalue weighted by Gasteiger charge is 2.09. The van der Waals surface area contributed by atoms with Gasteiger partial charge in [-0.25, -0.2) is 0 Å². The molecule has 2 rings (SSSR count). The van der Waals surface area contributed by atoms with E-state index in [1.54, 1.807) is 11.3 Å². The van der Waals surface area contributed by atoms with E-state index in [0.29, 0.717) is 24.5 Å². The molecule has 0 fully saturated rings. The van der Waals surface area contributed by atoms with E-state index in [2.05, 4.69) is 44.6 Å². The van der Waals surface area contributed by atoms with Crippen LogP contribution in [0, 0.1) is 6.92 Å². The Bertz CT molecular complexity index is 584. The van der Waals surface area contributed by atoms with Crippen molar-refractivity contribution < 1.29 is 4.74 Å². The maximum Gasteiger partial charge on any atom is 0.323 e. The van der Waals surface area contributed by atoms with Crippen LogP contribution in [0.3, 0.4) is 0 Å². The van der Waals surface area contributed by atoms with Gasteiger partial charge in [0.2, 0.25) is 11.9 Å². The Morgan fingerprint density at radius 1 is 1.14 bits per heavy atom. The quantitative estimate of drug-likeness (QED) is 0.819. The van der Waals surface area contributed by atoms with Crippen LogP contribution in [-0.4, -0.2) is 27.6 Å². The molecule has 2 aromatic rings. The molecular weight excluding hydrogens is 286 g/mol. The molecule has 0 unspecified atom stereocenters. The van der Waals surface area contributed by atoms with Crippen LogP contribution in [0.25, 0.3) is 0 Å². The van der Waals surface area contributed by atoms with Crippen LogP contribution < -0.4 is 15.4 Å². The number of ether oxygens (including phenoxy) is 1. The molecular formula is C14H21N5OS. The standard InChI is InChI=1S/C14H21N5OS/c1-5-15-12-17-13(19-14(18-12)20-9(2)3)16-8-11-7-6-10(4)21-11/h6-7,9H,5,8H2,1-4H3,(H2,15,16,17,18,19). The van der Waals surface area contributed by atoms with E-state index in [1.807, 2.05) is 20.8 Å². The van der Waals surface area contributed by atoms with E-state index in [0.717, 1.165) is 6.54 Å². The number of aryl methyl sites for hydroxylation is 1. The lowest BCUT2D eigenvalue weighted by Gasteiger charge is -2.11. The number of aromatic nitrogens is 3. The van der Waals surface area contributed by atoms with Crippen molar-refractivity contribution in [3.05, 3.63) is 21.9 Å². The van der Waals surface area contributed by atoms with Gasteiger partial charge < -0.3 is 15.4 Å². The highest BCUT2D eigenvalue weighted by molar-refractivity contribution is 7.11. The third-order valence-electron chi connectivity index (χ3n) is 2.51. The van der Waals surface area contributed by atoms with Crippen molar-refractivity contribution in [1.29, 1.82) is 0 Å². The molecule has 0 bridgehead atoms. The summed E-state index contributed by atoms with van der Waals surface area (Å²) >= 11 is 1.76. The molecule has 114 valence electrons. The zero-order valence-electron chi connectivity index (χ0n) is 12.8. The number of rotatable bonds is 7. The average molecular weight is 307 g/mol. The second-order valence-electron chi connectivity index (χ2n) is 4.83. The first-order valence-electron chi connectivity index (χ1n) is 7.02. The average Bonchev–Trinajstić information content (AvgIpc) is 2.82. The summed E-state index contributed by atoms with van der Waals surface area (Å²) in [7, 11) is 0. The van der Waals surface area contributed by atoms with Crippen molar-refractivity contribution in [1.82, 2.24) is 15.0 Å². The Labute approximate surface area is 129 Å². The third kappa shape index (κ3) is 4.86. The van der Waals surface area contributed by atoms with Crippen molar-refractivity contribution in [2.24, 2.45) is 0 Å². The highest BCUT2D eigenvalue weighted by Crippen LogP contribution is 2.17. The topological polar surface area (TPSA) is 72.0 Å². The molecule has 0 spiro atoms. The maximum absolute atomic E-state index is 5.56. The first-order chi connectivity index (χ1) is 10.1. The van der Waals surface area contributed by atoms with Crippen LogP contribution in [0.4, 0.5) is 11.9 Å². The van der Waals surface area contributed by atoms with Crippen LogP contribution in [0.2, 0.25) is 0 Å². The summed E-state index contributed by atoms with van der Waals surface area (Å²) in [6, 6.07) is 4.54. The predicted molar refractivity (Wildman–Crippen MR) is 86.1 cm³/mol. The van der Waals surface area contributed by atoms with Gasteiger partial charge in [0.1, 0.15) is 0 Å². The molecule has 7 heteroatoms. The number of thiophene rings is 1. The van der Waals surface area contributed by atoms with E-state index in [1.165, 1.54) is 9.75 Å². The van der Waals surface area contributed by atoms with E-state index >= 15 is 0 Å². The van der Waals surface area contributed by atoms with E-state index < -0.39 is 0 Å². The van der Waals surface area contributed by atoms with Crippen LogP contribution in [0.15, 0.2) is 12.1 Å². The Morgan fingerprint density at radius 2 is 1.86 bits per heavy atom. The summed E-state index contributed by atoms with van der Waals surface area (Å²) in [6.45, 7) is 9.41. The summed E-state index contributed by atoms with van der Waals surface area (Å²) in [6.07, 6.45) is 0.0228. The Balaban J connectivity index is 2.10. The van der Waals surface area contributed by atoms with E-state index in [4.69, 9.17) is 4.74 Å². The molecule has 0 saturated heterocycles. The Morgan fingerprint density at radius 3 is 2.43 bits per heavy atom. The smallest absolute Gasteiger partial charge is 0.323 e. The van der Waals surface area contributed by atoms with Gasteiger partial charge in [0.25, 0.3) is 0 Å². The van der Waals surface area contributed by atoms with Crippen molar-refractivity contribution in [3.63, 3.8) is 0 Å². The van der Waals surface area contributed by atoms with Crippen LogP contribution in [0.5, 0.6) is 6.01 Å². The van der Waals surface area contributed by atoms with Gasteiger partial charge in [-0.3, -0.25) is 0 Å². The molecule has 6 nitrogen and oxygen atoms in total. The summed E-state index contributed by atoms with van der Waals surface area (Å²) < 4.78 is 5.56. The number of hydrogen-bond donors (Lipinski definition) is 2. The molecule has 0 radical (unpaired) electrons. The minimum absolute atomic E-state index is 0.0228. The molecule has 0 atom stereocenters. The van der Waals surface area contributed by atoms with Crippen LogP contribution >= 0.6 is 11.3 Å². The lowest BCUT2D eigenvalue weighted by atomic mass is 10.4. The lowest BCUT2D eigenvalue weighted by molar-refractivity contribution is 0.222. The monoisotopic (exact) mass is 307 g/mol. The molecule has 0 saturated carbocycles. The number of nitrogens with one attached hydrogen (secondary N) is 2. The van der Waals surface area contributed by atoms with Crippen LogP contribution in [0.1, 0.15) is 30.5 Å². The maximum atomic E-state index is 5.56.